The third-order valence-corrected chi connectivity index (χ3v) is 8.66. The number of likely N-dealkylation sites (tertiary alicyclic amines) is 1. The van der Waals surface area contributed by atoms with Gasteiger partial charge in [-0.15, -0.1) is 11.8 Å². The molecule has 3 aromatic carbocycles. The standard InChI is InChI=1S/C35H36N2O4S/c1-4-24-40-33(38)36(3)23-15-22-31-26-32(27-37(31)34(39)41-25-5-2)42-35(28-16-9-6-10-17-28,29-18-11-7-12-19-29)30-20-13-8-14-21-30/h4-14,16-21,31-32H,1-2,23-27H2,3H3/t31-,32+/m1/s1. The Bertz CT molecular complexity index is 1310. The van der Waals surface area contributed by atoms with E-state index in [0.29, 0.717) is 13.0 Å². The van der Waals surface area contributed by atoms with E-state index in [1.165, 1.54) is 11.0 Å². The second kappa shape index (κ2) is 15.0. The molecule has 1 fully saturated rings. The van der Waals surface area contributed by atoms with Gasteiger partial charge in [-0.05, 0) is 23.1 Å². The first-order valence-corrected chi connectivity index (χ1v) is 14.7. The van der Waals surface area contributed by atoms with Crippen LogP contribution in [0.4, 0.5) is 9.59 Å². The predicted octanol–water partition coefficient (Wildman–Crippen LogP) is 6.74. The zero-order valence-corrected chi connectivity index (χ0v) is 24.7. The van der Waals surface area contributed by atoms with E-state index in [2.05, 4.69) is 97.8 Å². The summed E-state index contributed by atoms with van der Waals surface area (Å²) in [6, 6.07) is 31.1. The van der Waals surface area contributed by atoms with E-state index in [4.69, 9.17) is 9.47 Å². The average molecular weight is 581 g/mol. The van der Waals surface area contributed by atoms with Crippen LogP contribution in [0.15, 0.2) is 116 Å². The Labute approximate surface area is 253 Å². The SMILES string of the molecule is C=CCOC(=O)N(C)CC#C[C@@H]1C[C@H](SC(c2ccccc2)(c2ccccc2)c2ccccc2)CN1C(=O)OCC=C. The first-order chi connectivity index (χ1) is 20.5. The fourth-order valence-corrected chi connectivity index (χ4v) is 6.82. The Morgan fingerprint density at radius 1 is 0.905 bits per heavy atom. The molecule has 0 unspecified atom stereocenters. The van der Waals surface area contributed by atoms with Crippen LogP contribution in [-0.2, 0) is 14.2 Å². The van der Waals surface area contributed by atoms with Crippen LogP contribution in [0.5, 0.6) is 0 Å². The second-order valence-corrected chi connectivity index (χ2v) is 11.3. The van der Waals surface area contributed by atoms with Gasteiger partial charge in [0.2, 0.25) is 0 Å². The average Bonchev–Trinajstić information content (AvgIpc) is 3.44. The number of rotatable bonds is 10. The van der Waals surface area contributed by atoms with Gasteiger partial charge in [-0.2, -0.15) is 0 Å². The van der Waals surface area contributed by atoms with Crippen molar-refractivity contribution in [1.29, 1.82) is 0 Å². The first kappa shape index (κ1) is 30.5. The molecule has 1 aliphatic heterocycles. The molecular weight excluding hydrogens is 544 g/mol. The van der Waals surface area contributed by atoms with Gasteiger partial charge in [0, 0.05) is 18.8 Å². The van der Waals surface area contributed by atoms with Crippen LogP contribution in [-0.4, -0.2) is 66.6 Å². The molecule has 0 N–H and O–H groups in total. The quantitative estimate of drug-likeness (QED) is 0.151. The summed E-state index contributed by atoms with van der Waals surface area (Å²) in [6.45, 7) is 8.11. The summed E-state index contributed by atoms with van der Waals surface area (Å²) in [6.07, 6.45) is 2.79. The summed E-state index contributed by atoms with van der Waals surface area (Å²) in [5.41, 5.74) is 3.46. The summed E-state index contributed by atoms with van der Waals surface area (Å²) < 4.78 is 10.0. The van der Waals surface area contributed by atoms with Gasteiger partial charge in [0.15, 0.2) is 0 Å². The lowest BCUT2D eigenvalue weighted by Crippen LogP contribution is -2.36. The fraction of sp³-hybridized carbons (Fsp3) is 0.257. The highest BCUT2D eigenvalue weighted by Crippen LogP contribution is 2.52. The van der Waals surface area contributed by atoms with E-state index in [9.17, 15) is 9.59 Å². The normalized spacial score (nSPS) is 16.1. The minimum atomic E-state index is -0.525. The molecule has 0 aromatic heterocycles. The van der Waals surface area contributed by atoms with Crippen molar-refractivity contribution >= 4 is 23.9 Å². The molecule has 0 saturated carbocycles. The molecule has 2 atom stereocenters. The van der Waals surface area contributed by atoms with E-state index in [0.717, 1.165) is 16.7 Å². The molecule has 6 nitrogen and oxygen atoms in total. The summed E-state index contributed by atoms with van der Waals surface area (Å²) in [7, 11) is 1.62. The van der Waals surface area contributed by atoms with Crippen LogP contribution in [0.25, 0.3) is 0 Å². The Morgan fingerprint density at radius 2 is 1.40 bits per heavy atom. The number of carbonyl (C=O) groups is 2. The van der Waals surface area contributed by atoms with Crippen molar-refractivity contribution in [3.8, 4) is 11.8 Å². The van der Waals surface area contributed by atoms with E-state index in [-0.39, 0.29) is 31.1 Å². The van der Waals surface area contributed by atoms with E-state index < -0.39 is 16.9 Å². The van der Waals surface area contributed by atoms with Crippen molar-refractivity contribution in [3.05, 3.63) is 133 Å². The van der Waals surface area contributed by atoms with Crippen molar-refractivity contribution in [3.63, 3.8) is 0 Å². The van der Waals surface area contributed by atoms with Crippen LogP contribution in [0.2, 0.25) is 0 Å². The molecule has 1 saturated heterocycles. The number of hydrogen-bond donors (Lipinski definition) is 0. The van der Waals surface area contributed by atoms with E-state index in [1.807, 2.05) is 30.0 Å². The molecule has 7 heteroatoms. The highest BCUT2D eigenvalue weighted by atomic mass is 32.2. The lowest BCUT2D eigenvalue weighted by Gasteiger charge is -2.37. The molecule has 3 aromatic rings. The summed E-state index contributed by atoms with van der Waals surface area (Å²) in [5.74, 6) is 6.31. The predicted molar refractivity (Wildman–Crippen MR) is 169 cm³/mol. The number of ether oxygens (including phenoxy) is 2. The van der Waals surface area contributed by atoms with Crippen molar-refractivity contribution in [2.24, 2.45) is 0 Å². The second-order valence-electron chi connectivity index (χ2n) is 9.83. The van der Waals surface area contributed by atoms with Crippen LogP contribution in [0, 0.1) is 11.8 Å². The van der Waals surface area contributed by atoms with E-state index in [1.54, 1.807) is 18.0 Å². The topological polar surface area (TPSA) is 59.1 Å². The molecule has 4 rings (SSSR count). The Kier molecular flexibility index (Phi) is 10.9. The number of amides is 2. The van der Waals surface area contributed by atoms with Gasteiger partial charge in [-0.3, -0.25) is 4.90 Å². The maximum Gasteiger partial charge on any atom is 0.411 e. The molecule has 0 spiro atoms. The van der Waals surface area contributed by atoms with Crippen LogP contribution in [0.1, 0.15) is 23.1 Å². The number of hydrogen-bond acceptors (Lipinski definition) is 5. The van der Waals surface area contributed by atoms with Gasteiger partial charge in [-0.25, -0.2) is 9.59 Å². The van der Waals surface area contributed by atoms with Gasteiger partial charge in [0.25, 0.3) is 0 Å². The monoisotopic (exact) mass is 580 g/mol. The number of benzene rings is 3. The third-order valence-electron chi connectivity index (χ3n) is 6.93. The van der Waals surface area contributed by atoms with Gasteiger partial charge >= 0.3 is 12.2 Å². The molecule has 2 amide bonds. The summed E-state index contributed by atoms with van der Waals surface area (Å²) >= 11 is 1.83. The molecule has 216 valence electrons. The minimum Gasteiger partial charge on any atom is -0.445 e. The molecular formula is C35H36N2O4S. The highest BCUT2D eigenvalue weighted by molar-refractivity contribution is 8.01. The van der Waals surface area contributed by atoms with Crippen LogP contribution in [0.3, 0.4) is 0 Å². The number of carbonyl (C=O) groups excluding carboxylic acids is 2. The van der Waals surface area contributed by atoms with Crippen LogP contribution < -0.4 is 0 Å². The smallest absolute Gasteiger partial charge is 0.411 e. The van der Waals surface area contributed by atoms with Crippen molar-refractivity contribution in [2.75, 3.05) is 33.4 Å². The van der Waals surface area contributed by atoms with Gasteiger partial charge in [-0.1, -0.05) is 128 Å². The maximum atomic E-state index is 13.1. The Hall–Kier alpha value is -4.41. The Morgan fingerprint density at radius 3 is 1.90 bits per heavy atom. The van der Waals surface area contributed by atoms with Gasteiger partial charge in [0.05, 0.1) is 17.3 Å². The maximum absolute atomic E-state index is 13.1. The van der Waals surface area contributed by atoms with Gasteiger partial charge < -0.3 is 14.4 Å². The van der Waals surface area contributed by atoms with Crippen molar-refractivity contribution < 1.29 is 19.1 Å². The number of nitrogens with zero attached hydrogens (tertiary/aromatic N) is 2. The number of thioether (sulfide) groups is 1. The third kappa shape index (κ3) is 7.26. The van der Waals surface area contributed by atoms with Gasteiger partial charge in [0.1, 0.15) is 13.2 Å². The first-order valence-electron chi connectivity index (χ1n) is 13.9. The highest BCUT2D eigenvalue weighted by Gasteiger charge is 2.44. The lowest BCUT2D eigenvalue weighted by atomic mass is 9.84. The fourth-order valence-electron chi connectivity index (χ4n) is 4.99. The van der Waals surface area contributed by atoms with Crippen molar-refractivity contribution in [1.82, 2.24) is 9.80 Å². The summed E-state index contributed by atoms with van der Waals surface area (Å²) in [4.78, 5) is 28.4. The van der Waals surface area contributed by atoms with Crippen molar-refractivity contribution in [2.45, 2.75) is 22.5 Å². The molecule has 0 aliphatic carbocycles. The molecule has 0 radical (unpaired) electrons. The van der Waals surface area contributed by atoms with E-state index >= 15 is 0 Å². The molecule has 1 aliphatic rings. The largest absolute Gasteiger partial charge is 0.445 e. The van der Waals surface area contributed by atoms with Crippen LogP contribution >= 0.6 is 11.8 Å². The zero-order chi connectivity index (χ0) is 29.8. The molecule has 42 heavy (non-hydrogen) atoms. The lowest BCUT2D eigenvalue weighted by molar-refractivity contribution is 0.115. The Balaban J connectivity index is 1.68. The summed E-state index contributed by atoms with van der Waals surface area (Å²) in [5, 5.41) is 0.0384. The molecule has 0 bridgehead atoms. The zero-order valence-electron chi connectivity index (χ0n) is 23.9. The molecule has 1 heterocycles. The minimum absolute atomic E-state index is 0.0384.